The minimum Gasteiger partial charge on any atom is -0.463 e. The maximum Gasteiger partial charge on any atom is 0.268 e. The summed E-state index contributed by atoms with van der Waals surface area (Å²) < 4.78 is 11.4. The monoisotopic (exact) mass is 280 g/mol. The maximum atomic E-state index is 11.5. The Hall–Kier alpha value is -1.33. The van der Waals surface area contributed by atoms with Gasteiger partial charge in [0.05, 0.1) is 11.7 Å². The molecule has 1 aromatic rings. The van der Waals surface area contributed by atoms with Gasteiger partial charge in [-0.15, -0.1) is 0 Å². The zero-order chi connectivity index (χ0) is 14.7. The van der Waals surface area contributed by atoms with Crippen LogP contribution in [0.2, 0.25) is 0 Å². The zero-order valence-corrected chi connectivity index (χ0v) is 12.4. The van der Waals surface area contributed by atoms with Crippen molar-refractivity contribution in [3.05, 3.63) is 23.2 Å². The molecule has 5 nitrogen and oxygen atoms in total. The molecule has 112 valence electrons. The van der Waals surface area contributed by atoms with Crippen molar-refractivity contribution in [2.75, 3.05) is 0 Å². The second-order valence-corrected chi connectivity index (χ2v) is 5.86. The van der Waals surface area contributed by atoms with Gasteiger partial charge in [-0.2, -0.15) is 0 Å². The summed E-state index contributed by atoms with van der Waals surface area (Å²) in [4.78, 5) is 11.5. The molecule has 3 atom stereocenters. The highest BCUT2D eigenvalue weighted by molar-refractivity contribution is 5.94. The predicted molar refractivity (Wildman–Crippen MR) is 75.9 cm³/mol. The summed E-state index contributed by atoms with van der Waals surface area (Å²) in [5.74, 6) is 7.51. The Kier molecular flexibility index (Phi) is 4.83. The van der Waals surface area contributed by atoms with Crippen LogP contribution in [0.3, 0.4) is 0 Å². The molecule has 3 N–H and O–H groups in total. The number of nitrogen functional groups attached to an aromatic ring is 1. The Labute approximate surface area is 119 Å². The van der Waals surface area contributed by atoms with E-state index in [-0.39, 0.29) is 5.91 Å². The lowest BCUT2D eigenvalue weighted by molar-refractivity contribution is -0.0141. The van der Waals surface area contributed by atoms with Gasteiger partial charge < -0.3 is 9.15 Å². The van der Waals surface area contributed by atoms with Gasteiger partial charge in [0.1, 0.15) is 18.1 Å². The van der Waals surface area contributed by atoms with Crippen LogP contribution in [0, 0.1) is 18.8 Å². The molecular weight excluding hydrogens is 256 g/mol. The number of ether oxygens (including phenoxy) is 1. The van der Waals surface area contributed by atoms with Gasteiger partial charge in [-0.3, -0.25) is 10.2 Å². The van der Waals surface area contributed by atoms with Crippen LogP contribution in [0.1, 0.15) is 55.0 Å². The molecule has 0 saturated heterocycles. The summed E-state index contributed by atoms with van der Waals surface area (Å²) in [5.41, 5.74) is 2.58. The molecule has 1 aliphatic rings. The third-order valence-corrected chi connectivity index (χ3v) is 4.36. The molecule has 1 heterocycles. The highest BCUT2D eigenvalue weighted by atomic mass is 16.5. The van der Waals surface area contributed by atoms with Crippen LogP contribution in [0.25, 0.3) is 0 Å². The SMILES string of the molecule is Cc1oc(COC2CCC(C)C(C)C2)cc1C(=O)NN. The van der Waals surface area contributed by atoms with Gasteiger partial charge in [-0.05, 0) is 44.1 Å². The lowest BCUT2D eigenvalue weighted by Gasteiger charge is -2.31. The first kappa shape index (κ1) is 15.1. The number of hydrogen-bond donors (Lipinski definition) is 2. The molecular formula is C15H24N2O3. The van der Waals surface area contributed by atoms with E-state index in [4.69, 9.17) is 15.0 Å². The van der Waals surface area contributed by atoms with Gasteiger partial charge in [-0.1, -0.05) is 13.8 Å². The van der Waals surface area contributed by atoms with Crippen molar-refractivity contribution >= 4 is 5.91 Å². The van der Waals surface area contributed by atoms with Crippen molar-refractivity contribution in [2.24, 2.45) is 17.7 Å². The Morgan fingerprint density at radius 1 is 1.45 bits per heavy atom. The van der Waals surface area contributed by atoms with E-state index in [1.54, 1.807) is 13.0 Å². The van der Waals surface area contributed by atoms with Crippen LogP contribution in [0.15, 0.2) is 10.5 Å². The third-order valence-electron chi connectivity index (χ3n) is 4.36. The number of amides is 1. The summed E-state index contributed by atoms with van der Waals surface area (Å²) in [6.45, 7) is 6.73. The first-order valence-electron chi connectivity index (χ1n) is 7.23. The average molecular weight is 280 g/mol. The molecule has 1 saturated carbocycles. The van der Waals surface area contributed by atoms with Gasteiger partial charge in [-0.25, -0.2) is 5.84 Å². The van der Waals surface area contributed by atoms with Gasteiger partial charge >= 0.3 is 0 Å². The molecule has 5 heteroatoms. The van der Waals surface area contributed by atoms with Crippen molar-refractivity contribution in [3.63, 3.8) is 0 Å². The number of nitrogens with two attached hydrogens (primary N) is 1. The lowest BCUT2D eigenvalue weighted by atomic mass is 9.80. The van der Waals surface area contributed by atoms with Crippen LogP contribution >= 0.6 is 0 Å². The van der Waals surface area contributed by atoms with E-state index in [0.717, 1.165) is 18.8 Å². The number of carbonyl (C=O) groups is 1. The molecule has 1 amide bonds. The molecule has 2 rings (SSSR count). The van der Waals surface area contributed by atoms with Gasteiger partial charge in [0.2, 0.25) is 0 Å². The van der Waals surface area contributed by atoms with Gasteiger partial charge in [0.25, 0.3) is 5.91 Å². The van der Waals surface area contributed by atoms with E-state index in [9.17, 15) is 4.79 Å². The fraction of sp³-hybridized carbons (Fsp3) is 0.667. The van der Waals surface area contributed by atoms with E-state index in [0.29, 0.717) is 35.7 Å². The lowest BCUT2D eigenvalue weighted by Crippen LogP contribution is -2.30. The van der Waals surface area contributed by atoms with Gasteiger partial charge in [0, 0.05) is 0 Å². The van der Waals surface area contributed by atoms with Gasteiger partial charge in [0.15, 0.2) is 0 Å². The first-order chi connectivity index (χ1) is 9.51. The predicted octanol–water partition coefficient (Wildman–Crippen LogP) is 2.53. The summed E-state index contributed by atoms with van der Waals surface area (Å²) in [6, 6.07) is 1.70. The Morgan fingerprint density at radius 2 is 2.20 bits per heavy atom. The quantitative estimate of drug-likeness (QED) is 0.505. The largest absolute Gasteiger partial charge is 0.463 e. The molecule has 1 fully saturated rings. The molecule has 0 aliphatic heterocycles. The van der Waals surface area contributed by atoms with Crippen LogP contribution in [-0.4, -0.2) is 12.0 Å². The molecule has 0 radical (unpaired) electrons. The minimum atomic E-state index is -0.336. The third kappa shape index (κ3) is 3.41. The molecule has 0 spiro atoms. The summed E-state index contributed by atoms with van der Waals surface area (Å²) in [6.07, 6.45) is 3.70. The summed E-state index contributed by atoms with van der Waals surface area (Å²) in [7, 11) is 0. The number of nitrogens with one attached hydrogen (secondary N) is 1. The average Bonchev–Trinajstić information content (AvgIpc) is 2.80. The van der Waals surface area contributed by atoms with E-state index in [1.165, 1.54) is 6.42 Å². The number of aryl methyl sites for hydroxylation is 1. The van der Waals surface area contributed by atoms with Crippen molar-refractivity contribution in [2.45, 2.75) is 52.7 Å². The number of furan rings is 1. The molecule has 1 aliphatic carbocycles. The Bertz CT molecular complexity index is 470. The number of rotatable bonds is 4. The fourth-order valence-electron chi connectivity index (χ4n) is 2.77. The Morgan fingerprint density at radius 3 is 2.85 bits per heavy atom. The Balaban J connectivity index is 1.90. The summed E-state index contributed by atoms with van der Waals surface area (Å²) >= 11 is 0. The number of hydrogen-bond acceptors (Lipinski definition) is 4. The standard InChI is InChI=1S/C15H24N2O3/c1-9-4-5-12(6-10(9)2)19-8-13-7-14(11(3)20-13)15(18)17-16/h7,9-10,12H,4-6,8,16H2,1-3H3,(H,17,18). The second kappa shape index (κ2) is 6.41. The smallest absolute Gasteiger partial charge is 0.268 e. The fourth-order valence-corrected chi connectivity index (χ4v) is 2.77. The van der Waals surface area contributed by atoms with Crippen molar-refractivity contribution < 1.29 is 13.9 Å². The summed E-state index contributed by atoms with van der Waals surface area (Å²) in [5, 5.41) is 0. The maximum absolute atomic E-state index is 11.5. The normalized spacial score (nSPS) is 26.5. The van der Waals surface area contributed by atoms with Crippen LogP contribution < -0.4 is 11.3 Å². The van der Waals surface area contributed by atoms with E-state index in [2.05, 4.69) is 19.3 Å². The molecule has 3 unspecified atom stereocenters. The van der Waals surface area contributed by atoms with Crippen LogP contribution in [-0.2, 0) is 11.3 Å². The zero-order valence-electron chi connectivity index (χ0n) is 12.4. The van der Waals surface area contributed by atoms with Crippen molar-refractivity contribution in [3.8, 4) is 0 Å². The number of carbonyl (C=O) groups excluding carboxylic acids is 1. The van der Waals surface area contributed by atoms with E-state index < -0.39 is 0 Å². The topological polar surface area (TPSA) is 77.5 Å². The molecule has 20 heavy (non-hydrogen) atoms. The van der Waals surface area contributed by atoms with Crippen LogP contribution in [0.4, 0.5) is 0 Å². The molecule has 1 aromatic heterocycles. The van der Waals surface area contributed by atoms with E-state index in [1.807, 2.05) is 0 Å². The first-order valence-corrected chi connectivity index (χ1v) is 7.23. The second-order valence-electron chi connectivity index (χ2n) is 5.86. The van der Waals surface area contributed by atoms with Crippen molar-refractivity contribution in [1.82, 2.24) is 5.43 Å². The highest BCUT2D eigenvalue weighted by Gasteiger charge is 2.25. The van der Waals surface area contributed by atoms with Crippen molar-refractivity contribution in [1.29, 1.82) is 0 Å². The minimum absolute atomic E-state index is 0.290. The van der Waals surface area contributed by atoms with Crippen LogP contribution in [0.5, 0.6) is 0 Å². The van der Waals surface area contributed by atoms with E-state index >= 15 is 0 Å². The molecule has 0 bridgehead atoms. The number of hydrazine groups is 1. The highest BCUT2D eigenvalue weighted by Crippen LogP contribution is 2.31. The molecule has 0 aromatic carbocycles.